The molecule has 1 nitrogen and oxygen atoms in total. The lowest BCUT2D eigenvalue weighted by Gasteiger charge is -2.40. The molecule has 1 rings (SSSR count). The molecule has 0 unspecified atom stereocenters. The monoisotopic (exact) mass is 170 g/mol. The highest BCUT2D eigenvalue weighted by molar-refractivity contribution is 4.84. The van der Waals surface area contributed by atoms with Crippen LogP contribution in [0.5, 0.6) is 0 Å². The molecule has 12 heavy (non-hydrogen) atoms. The molecule has 0 aliphatic heterocycles. The fourth-order valence-electron chi connectivity index (χ4n) is 2.06. The van der Waals surface area contributed by atoms with Gasteiger partial charge in [0, 0.05) is 7.11 Å². The molecule has 0 atom stereocenters. The summed E-state index contributed by atoms with van der Waals surface area (Å²) in [4.78, 5) is 0. The third-order valence-electron chi connectivity index (χ3n) is 3.80. The lowest BCUT2D eigenvalue weighted by molar-refractivity contribution is 0.0160. The molecule has 0 aromatic carbocycles. The van der Waals surface area contributed by atoms with Gasteiger partial charge in [-0.1, -0.05) is 20.8 Å². The summed E-state index contributed by atoms with van der Waals surface area (Å²) >= 11 is 0. The van der Waals surface area contributed by atoms with Gasteiger partial charge < -0.3 is 4.74 Å². The molecule has 0 saturated heterocycles. The summed E-state index contributed by atoms with van der Waals surface area (Å²) in [5, 5.41) is 0. The van der Waals surface area contributed by atoms with Crippen LogP contribution in [0.4, 0.5) is 0 Å². The highest BCUT2D eigenvalue weighted by Gasteiger charge is 2.33. The molecular weight excluding hydrogens is 148 g/mol. The van der Waals surface area contributed by atoms with E-state index in [9.17, 15) is 0 Å². The number of hydrogen-bond acceptors (Lipinski definition) is 1. The quantitative estimate of drug-likeness (QED) is 0.618. The van der Waals surface area contributed by atoms with Crippen molar-refractivity contribution in [2.24, 2.45) is 11.3 Å². The van der Waals surface area contributed by atoms with Crippen LogP contribution < -0.4 is 0 Å². The zero-order valence-electron chi connectivity index (χ0n) is 8.89. The first-order chi connectivity index (χ1) is 5.58. The average molecular weight is 170 g/mol. The second-order valence-corrected chi connectivity index (χ2v) is 4.74. The molecule has 0 aromatic heterocycles. The predicted molar refractivity (Wildman–Crippen MR) is 52.2 cm³/mol. The Bertz CT molecular complexity index is 132. The Hall–Kier alpha value is -0.0400. The first-order valence-corrected chi connectivity index (χ1v) is 5.11. The minimum atomic E-state index is 0.539. The van der Waals surface area contributed by atoms with E-state index in [0.717, 1.165) is 5.92 Å². The first-order valence-electron chi connectivity index (χ1n) is 5.11. The minimum Gasteiger partial charge on any atom is -0.381 e. The van der Waals surface area contributed by atoms with E-state index < -0.39 is 0 Å². The van der Waals surface area contributed by atoms with E-state index >= 15 is 0 Å². The first kappa shape index (κ1) is 10.0. The summed E-state index contributed by atoms with van der Waals surface area (Å²) in [6, 6.07) is 0. The third kappa shape index (κ3) is 2.01. The number of hydrogen-bond donors (Lipinski definition) is 0. The van der Waals surface area contributed by atoms with E-state index in [4.69, 9.17) is 4.74 Å². The molecule has 0 aromatic rings. The van der Waals surface area contributed by atoms with E-state index in [1.807, 2.05) is 7.11 Å². The van der Waals surface area contributed by atoms with Gasteiger partial charge in [0.1, 0.15) is 0 Å². The van der Waals surface area contributed by atoms with Gasteiger partial charge >= 0.3 is 0 Å². The SMILES string of the molecule is COC1CCC(C)(C(C)C)CC1. The molecule has 1 aliphatic rings. The molecule has 0 radical (unpaired) electrons. The predicted octanol–water partition coefficient (Wildman–Crippen LogP) is 3.24. The van der Waals surface area contributed by atoms with Crippen molar-refractivity contribution in [3.8, 4) is 0 Å². The molecule has 0 heterocycles. The topological polar surface area (TPSA) is 9.23 Å². The maximum atomic E-state index is 5.36. The van der Waals surface area contributed by atoms with Gasteiger partial charge in [-0.05, 0) is 37.0 Å². The van der Waals surface area contributed by atoms with Crippen molar-refractivity contribution < 1.29 is 4.74 Å². The molecule has 1 fully saturated rings. The van der Waals surface area contributed by atoms with Gasteiger partial charge in [-0.3, -0.25) is 0 Å². The molecular formula is C11H22O. The Kier molecular flexibility index (Phi) is 3.16. The molecule has 0 spiro atoms. The van der Waals surface area contributed by atoms with Crippen molar-refractivity contribution in [2.75, 3.05) is 7.11 Å². The van der Waals surface area contributed by atoms with E-state index in [1.54, 1.807) is 0 Å². The normalized spacial score (nSPS) is 37.2. The van der Waals surface area contributed by atoms with Crippen LogP contribution in [0.2, 0.25) is 0 Å². The maximum absolute atomic E-state index is 5.36. The third-order valence-corrected chi connectivity index (χ3v) is 3.80. The van der Waals surface area contributed by atoms with Crippen molar-refractivity contribution >= 4 is 0 Å². The van der Waals surface area contributed by atoms with E-state index in [2.05, 4.69) is 20.8 Å². The van der Waals surface area contributed by atoms with Crippen LogP contribution in [-0.2, 0) is 4.74 Å². The van der Waals surface area contributed by atoms with Crippen LogP contribution in [-0.4, -0.2) is 13.2 Å². The number of rotatable bonds is 2. The molecule has 1 heteroatoms. The summed E-state index contributed by atoms with van der Waals surface area (Å²) in [5.74, 6) is 0.815. The molecule has 1 aliphatic carbocycles. The van der Waals surface area contributed by atoms with E-state index in [-0.39, 0.29) is 0 Å². The lowest BCUT2D eigenvalue weighted by Crippen LogP contribution is -2.32. The van der Waals surface area contributed by atoms with Crippen molar-refractivity contribution in [2.45, 2.75) is 52.6 Å². The fraction of sp³-hybridized carbons (Fsp3) is 1.00. The molecule has 0 bridgehead atoms. The Labute approximate surface area is 76.5 Å². The van der Waals surface area contributed by atoms with E-state index in [0.29, 0.717) is 11.5 Å². The molecule has 72 valence electrons. The summed E-state index contributed by atoms with van der Waals surface area (Å²) in [6.45, 7) is 7.10. The standard InChI is InChI=1S/C11H22O/c1-9(2)11(3)7-5-10(12-4)6-8-11/h9-10H,5-8H2,1-4H3. The highest BCUT2D eigenvalue weighted by atomic mass is 16.5. The molecule has 1 saturated carbocycles. The fourth-order valence-corrected chi connectivity index (χ4v) is 2.06. The van der Waals surface area contributed by atoms with Crippen molar-refractivity contribution in [3.63, 3.8) is 0 Å². The maximum Gasteiger partial charge on any atom is 0.0571 e. The van der Waals surface area contributed by atoms with Gasteiger partial charge in [-0.15, -0.1) is 0 Å². The smallest absolute Gasteiger partial charge is 0.0571 e. The van der Waals surface area contributed by atoms with Gasteiger partial charge in [0.25, 0.3) is 0 Å². The highest BCUT2D eigenvalue weighted by Crippen LogP contribution is 2.42. The second-order valence-electron chi connectivity index (χ2n) is 4.74. The van der Waals surface area contributed by atoms with Gasteiger partial charge in [0.05, 0.1) is 6.10 Å². The zero-order valence-corrected chi connectivity index (χ0v) is 8.89. The Morgan fingerprint density at radius 3 is 2.08 bits per heavy atom. The average Bonchev–Trinajstić information content (AvgIpc) is 2.06. The van der Waals surface area contributed by atoms with Crippen LogP contribution in [0, 0.1) is 11.3 Å². The summed E-state index contributed by atoms with van der Waals surface area (Å²) in [5.41, 5.74) is 0.578. The largest absolute Gasteiger partial charge is 0.381 e. The molecule has 0 amide bonds. The lowest BCUT2D eigenvalue weighted by atomic mass is 9.68. The van der Waals surface area contributed by atoms with Crippen LogP contribution >= 0.6 is 0 Å². The van der Waals surface area contributed by atoms with Crippen LogP contribution in [0.15, 0.2) is 0 Å². The number of ether oxygens (including phenoxy) is 1. The van der Waals surface area contributed by atoms with Crippen LogP contribution in [0.1, 0.15) is 46.5 Å². The summed E-state index contributed by atoms with van der Waals surface area (Å²) in [7, 11) is 1.84. The van der Waals surface area contributed by atoms with Gasteiger partial charge in [-0.25, -0.2) is 0 Å². The number of methoxy groups -OCH3 is 1. The second kappa shape index (κ2) is 3.78. The Balaban J connectivity index is 2.44. The Morgan fingerprint density at radius 1 is 1.25 bits per heavy atom. The molecule has 0 N–H and O–H groups in total. The van der Waals surface area contributed by atoms with Crippen molar-refractivity contribution in [1.29, 1.82) is 0 Å². The Morgan fingerprint density at radius 2 is 1.75 bits per heavy atom. The zero-order chi connectivity index (χ0) is 9.19. The van der Waals surface area contributed by atoms with Gasteiger partial charge in [-0.2, -0.15) is 0 Å². The van der Waals surface area contributed by atoms with Crippen molar-refractivity contribution in [1.82, 2.24) is 0 Å². The van der Waals surface area contributed by atoms with Gasteiger partial charge in [0.15, 0.2) is 0 Å². The summed E-state index contributed by atoms with van der Waals surface area (Å²) in [6.07, 6.45) is 5.72. The van der Waals surface area contributed by atoms with Gasteiger partial charge in [0.2, 0.25) is 0 Å². The van der Waals surface area contributed by atoms with Crippen LogP contribution in [0.25, 0.3) is 0 Å². The van der Waals surface area contributed by atoms with E-state index in [1.165, 1.54) is 25.7 Å². The minimum absolute atomic E-state index is 0.539. The van der Waals surface area contributed by atoms with Crippen molar-refractivity contribution in [3.05, 3.63) is 0 Å². The summed E-state index contributed by atoms with van der Waals surface area (Å²) < 4.78 is 5.36. The van der Waals surface area contributed by atoms with Crippen LogP contribution in [0.3, 0.4) is 0 Å².